The third-order valence-electron chi connectivity index (χ3n) is 6.02. The number of carbonyl (C=O) groups is 1. The van der Waals surface area contributed by atoms with Gasteiger partial charge in [0.15, 0.2) is 0 Å². The van der Waals surface area contributed by atoms with Gasteiger partial charge in [0.25, 0.3) is 0 Å². The molecule has 0 aliphatic carbocycles. The monoisotopic (exact) mass is 398 g/mol. The number of halogens is 1. The quantitative estimate of drug-likeness (QED) is 0.809. The van der Waals surface area contributed by atoms with Gasteiger partial charge in [-0.1, -0.05) is 18.2 Å². The first-order valence-electron chi connectivity index (χ1n) is 10.3. The molecule has 154 valence electrons. The van der Waals surface area contributed by atoms with Crippen molar-refractivity contribution in [2.45, 2.75) is 38.2 Å². The second kappa shape index (κ2) is 9.01. The smallest absolute Gasteiger partial charge is 0.226 e. The van der Waals surface area contributed by atoms with Crippen molar-refractivity contribution < 1.29 is 18.7 Å². The first-order valence-corrected chi connectivity index (χ1v) is 10.3. The van der Waals surface area contributed by atoms with Crippen molar-refractivity contribution in [3.05, 3.63) is 54.1 Å². The summed E-state index contributed by atoms with van der Waals surface area (Å²) in [7, 11) is 0. The Kier molecular flexibility index (Phi) is 6.21. The minimum absolute atomic E-state index is 0.0213. The average Bonchev–Trinajstić information content (AvgIpc) is 3.28. The highest BCUT2D eigenvalue weighted by Crippen LogP contribution is 2.36. The van der Waals surface area contributed by atoms with Gasteiger partial charge in [-0.3, -0.25) is 9.78 Å². The fourth-order valence-electron chi connectivity index (χ4n) is 4.21. The van der Waals surface area contributed by atoms with Crippen LogP contribution in [0.5, 0.6) is 0 Å². The molecule has 4 rings (SSSR count). The molecule has 0 saturated carbocycles. The van der Waals surface area contributed by atoms with Crippen LogP contribution in [0.2, 0.25) is 0 Å². The Morgan fingerprint density at radius 3 is 2.76 bits per heavy atom. The van der Waals surface area contributed by atoms with Crippen LogP contribution in [-0.2, 0) is 20.7 Å². The Bertz CT molecular complexity index is 831. The zero-order valence-corrected chi connectivity index (χ0v) is 16.5. The number of hydrogen-bond acceptors (Lipinski definition) is 4. The Morgan fingerprint density at radius 2 is 2.07 bits per heavy atom. The van der Waals surface area contributed by atoms with Gasteiger partial charge >= 0.3 is 0 Å². The highest BCUT2D eigenvalue weighted by atomic mass is 19.1. The molecule has 29 heavy (non-hydrogen) atoms. The van der Waals surface area contributed by atoms with E-state index in [0.717, 1.165) is 30.6 Å². The molecule has 0 unspecified atom stereocenters. The van der Waals surface area contributed by atoms with Crippen molar-refractivity contribution in [1.82, 2.24) is 10.3 Å². The van der Waals surface area contributed by atoms with E-state index in [9.17, 15) is 9.18 Å². The molecule has 2 saturated heterocycles. The summed E-state index contributed by atoms with van der Waals surface area (Å²) in [6.07, 6.45) is 7.06. The molecule has 3 heterocycles. The van der Waals surface area contributed by atoms with Crippen molar-refractivity contribution in [3.63, 3.8) is 0 Å². The molecule has 2 aromatic rings. The summed E-state index contributed by atoms with van der Waals surface area (Å²) in [6.45, 7) is 2.31. The maximum Gasteiger partial charge on any atom is 0.226 e. The number of hydrogen-bond donors (Lipinski definition) is 1. The molecule has 1 aromatic heterocycles. The van der Waals surface area contributed by atoms with E-state index in [4.69, 9.17) is 9.47 Å². The molecule has 1 N–H and O–H groups in total. The molecule has 5 nitrogen and oxygen atoms in total. The zero-order valence-electron chi connectivity index (χ0n) is 16.5. The molecule has 0 radical (unpaired) electrons. The van der Waals surface area contributed by atoms with Crippen LogP contribution >= 0.6 is 0 Å². The zero-order chi connectivity index (χ0) is 20.1. The van der Waals surface area contributed by atoms with Gasteiger partial charge < -0.3 is 14.8 Å². The van der Waals surface area contributed by atoms with Crippen LogP contribution in [0.15, 0.2) is 42.7 Å². The molecule has 1 atom stereocenters. The lowest BCUT2D eigenvalue weighted by atomic mass is 9.74. The van der Waals surface area contributed by atoms with E-state index >= 15 is 0 Å². The molecule has 2 aliphatic heterocycles. The van der Waals surface area contributed by atoms with Gasteiger partial charge in [0.1, 0.15) is 5.82 Å². The average molecular weight is 398 g/mol. The van der Waals surface area contributed by atoms with Gasteiger partial charge in [-0.05, 0) is 55.4 Å². The van der Waals surface area contributed by atoms with Crippen molar-refractivity contribution in [1.29, 1.82) is 0 Å². The predicted molar refractivity (Wildman–Crippen MR) is 108 cm³/mol. The Hall–Kier alpha value is -2.31. The number of nitrogens with zero attached hydrogens (tertiary/aromatic N) is 1. The van der Waals surface area contributed by atoms with E-state index in [0.29, 0.717) is 44.6 Å². The first kappa shape index (κ1) is 20.0. The summed E-state index contributed by atoms with van der Waals surface area (Å²) in [5, 5.41) is 3.06. The van der Waals surface area contributed by atoms with Crippen LogP contribution in [0.25, 0.3) is 11.1 Å². The minimum Gasteiger partial charge on any atom is -0.381 e. The highest BCUT2D eigenvalue weighted by Gasteiger charge is 2.41. The molecular weight excluding hydrogens is 371 g/mol. The second-order valence-corrected chi connectivity index (χ2v) is 7.96. The van der Waals surface area contributed by atoms with Gasteiger partial charge in [0.05, 0.1) is 11.5 Å². The normalized spacial score (nSPS) is 21.1. The third-order valence-corrected chi connectivity index (χ3v) is 6.02. The maximum atomic E-state index is 15.0. The van der Waals surface area contributed by atoms with E-state index < -0.39 is 5.41 Å². The van der Waals surface area contributed by atoms with Crippen LogP contribution in [0.1, 0.15) is 31.2 Å². The van der Waals surface area contributed by atoms with Gasteiger partial charge in [-0.2, -0.15) is 0 Å². The molecule has 1 amide bonds. The fraction of sp³-hybridized carbons (Fsp3) is 0.478. The minimum atomic E-state index is -0.645. The maximum absolute atomic E-state index is 15.0. The number of pyridine rings is 1. The van der Waals surface area contributed by atoms with Gasteiger partial charge in [-0.25, -0.2) is 4.39 Å². The van der Waals surface area contributed by atoms with Crippen molar-refractivity contribution >= 4 is 5.91 Å². The fourth-order valence-corrected chi connectivity index (χ4v) is 4.21. The number of rotatable bonds is 6. The Balaban J connectivity index is 1.50. The second-order valence-electron chi connectivity index (χ2n) is 7.96. The van der Waals surface area contributed by atoms with Crippen LogP contribution in [0.4, 0.5) is 4.39 Å². The number of amides is 1. The van der Waals surface area contributed by atoms with Crippen LogP contribution < -0.4 is 5.32 Å². The first-order chi connectivity index (χ1) is 14.2. The lowest BCUT2D eigenvalue weighted by Crippen LogP contribution is -2.48. The lowest BCUT2D eigenvalue weighted by Gasteiger charge is -2.36. The SMILES string of the molecule is O=C(NC[C@@H]1CCCO1)C1(Cc2ccc(-c3cccnc3)cc2F)CCOCC1. The molecular formula is C23H27FN2O3. The van der Waals surface area contributed by atoms with Crippen LogP contribution in [-0.4, -0.2) is 43.4 Å². The largest absolute Gasteiger partial charge is 0.381 e. The number of ether oxygens (including phenoxy) is 2. The summed E-state index contributed by atoms with van der Waals surface area (Å²) in [5.41, 5.74) is 1.57. The number of carbonyl (C=O) groups excluding carboxylic acids is 1. The Labute approximate surface area is 170 Å². The number of nitrogens with one attached hydrogen (secondary N) is 1. The summed E-state index contributed by atoms with van der Waals surface area (Å²) in [6, 6.07) is 8.95. The van der Waals surface area contributed by atoms with E-state index in [1.54, 1.807) is 18.5 Å². The van der Waals surface area contributed by atoms with Crippen molar-refractivity contribution in [2.24, 2.45) is 5.41 Å². The lowest BCUT2D eigenvalue weighted by molar-refractivity contribution is -0.137. The number of benzene rings is 1. The standard InChI is InChI=1S/C23H27FN2O3/c24-21-13-17(19-3-1-9-25-15-19)5-6-18(21)14-23(7-11-28-12-8-23)22(27)26-16-20-4-2-10-29-20/h1,3,5-6,9,13,15,20H,2,4,7-8,10-12,14,16H2,(H,26,27)/t20-/m0/s1. The summed E-state index contributed by atoms with van der Waals surface area (Å²) in [5.74, 6) is -0.309. The highest BCUT2D eigenvalue weighted by molar-refractivity contribution is 5.83. The van der Waals surface area contributed by atoms with Crippen molar-refractivity contribution in [3.8, 4) is 11.1 Å². The number of aromatic nitrogens is 1. The molecule has 0 bridgehead atoms. The summed E-state index contributed by atoms with van der Waals surface area (Å²) >= 11 is 0. The van der Waals surface area contributed by atoms with Gasteiger partial charge in [0, 0.05) is 44.3 Å². The summed E-state index contributed by atoms with van der Waals surface area (Å²) in [4.78, 5) is 17.2. The van der Waals surface area contributed by atoms with Gasteiger partial charge in [-0.15, -0.1) is 0 Å². The van der Waals surface area contributed by atoms with Crippen LogP contribution in [0.3, 0.4) is 0 Å². The summed E-state index contributed by atoms with van der Waals surface area (Å²) < 4.78 is 26.1. The molecule has 2 aliphatic rings. The van der Waals surface area contributed by atoms with E-state index in [1.807, 2.05) is 18.2 Å². The van der Waals surface area contributed by atoms with E-state index in [1.165, 1.54) is 6.07 Å². The van der Waals surface area contributed by atoms with Crippen LogP contribution in [0, 0.1) is 11.2 Å². The van der Waals surface area contributed by atoms with Crippen molar-refractivity contribution in [2.75, 3.05) is 26.4 Å². The molecule has 6 heteroatoms. The van der Waals surface area contributed by atoms with E-state index in [-0.39, 0.29) is 17.8 Å². The topological polar surface area (TPSA) is 60.5 Å². The molecule has 0 spiro atoms. The molecule has 1 aromatic carbocycles. The predicted octanol–water partition coefficient (Wildman–Crippen LogP) is 3.52. The van der Waals surface area contributed by atoms with E-state index in [2.05, 4.69) is 10.3 Å². The Morgan fingerprint density at radius 1 is 1.21 bits per heavy atom. The third kappa shape index (κ3) is 4.65. The van der Waals surface area contributed by atoms with Gasteiger partial charge in [0.2, 0.25) is 5.91 Å². The molecule has 2 fully saturated rings.